The molecule has 2 aromatic carbocycles. The maximum atomic E-state index is 12.0. The summed E-state index contributed by atoms with van der Waals surface area (Å²) >= 11 is 0. The number of H-pyrrole nitrogens is 2. The molecule has 1 aromatic heterocycles. The van der Waals surface area contributed by atoms with Gasteiger partial charge >= 0.3 is 0 Å². The molecular formula is C17H16N4O2. The van der Waals surface area contributed by atoms with E-state index in [0.717, 1.165) is 11.1 Å². The Morgan fingerprint density at radius 2 is 1.83 bits per heavy atom. The molecule has 0 radical (unpaired) electrons. The van der Waals surface area contributed by atoms with Gasteiger partial charge in [-0.15, -0.1) is 5.11 Å². The van der Waals surface area contributed by atoms with E-state index in [1.165, 1.54) is 0 Å². The van der Waals surface area contributed by atoms with Crippen LogP contribution >= 0.6 is 0 Å². The Morgan fingerprint density at radius 3 is 2.61 bits per heavy atom. The first-order valence-electron chi connectivity index (χ1n) is 7.11. The average Bonchev–Trinajstić information content (AvgIpc) is 2.93. The van der Waals surface area contributed by atoms with Gasteiger partial charge in [-0.2, -0.15) is 5.11 Å². The van der Waals surface area contributed by atoms with Crippen molar-refractivity contribution in [2.45, 2.75) is 6.92 Å². The van der Waals surface area contributed by atoms with Crippen LogP contribution in [-0.4, -0.2) is 17.3 Å². The summed E-state index contributed by atoms with van der Waals surface area (Å²) in [6, 6.07) is 15.0. The molecule has 2 N–H and O–H groups in total. The van der Waals surface area contributed by atoms with Crippen LogP contribution in [0.1, 0.15) is 5.56 Å². The molecule has 6 nitrogen and oxygen atoms in total. The maximum Gasteiger partial charge on any atom is 0.292 e. The molecule has 3 rings (SSSR count). The Hall–Kier alpha value is -3.15. The molecule has 0 bridgehead atoms. The molecule has 0 saturated heterocycles. The van der Waals surface area contributed by atoms with E-state index >= 15 is 0 Å². The third-order valence-corrected chi connectivity index (χ3v) is 3.40. The Balaban J connectivity index is 2.04. The van der Waals surface area contributed by atoms with Gasteiger partial charge in [0.2, 0.25) is 0 Å². The van der Waals surface area contributed by atoms with E-state index < -0.39 is 0 Å². The summed E-state index contributed by atoms with van der Waals surface area (Å²) in [5.41, 5.74) is 2.94. The highest BCUT2D eigenvalue weighted by atomic mass is 16.5. The van der Waals surface area contributed by atoms with Crippen LogP contribution in [0, 0.1) is 6.92 Å². The summed E-state index contributed by atoms with van der Waals surface area (Å²) in [5, 5.41) is 13.7. The minimum Gasteiger partial charge on any atom is -0.496 e. The van der Waals surface area contributed by atoms with Crippen molar-refractivity contribution in [3.63, 3.8) is 0 Å². The van der Waals surface area contributed by atoms with Gasteiger partial charge in [0.25, 0.3) is 5.56 Å². The lowest BCUT2D eigenvalue weighted by Crippen LogP contribution is -1.96. The van der Waals surface area contributed by atoms with Crippen LogP contribution < -0.4 is 10.3 Å². The number of methoxy groups -OCH3 is 1. The summed E-state index contributed by atoms with van der Waals surface area (Å²) in [7, 11) is 1.58. The van der Waals surface area contributed by atoms with Crippen LogP contribution in [0.5, 0.6) is 5.75 Å². The van der Waals surface area contributed by atoms with Gasteiger partial charge in [-0.1, -0.05) is 24.3 Å². The predicted molar refractivity (Wildman–Crippen MR) is 88.8 cm³/mol. The fourth-order valence-corrected chi connectivity index (χ4v) is 2.29. The van der Waals surface area contributed by atoms with Crippen molar-refractivity contribution in [3.8, 4) is 17.0 Å². The summed E-state index contributed by atoms with van der Waals surface area (Å²) < 4.78 is 5.33. The van der Waals surface area contributed by atoms with Crippen molar-refractivity contribution >= 4 is 11.4 Å². The van der Waals surface area contributed by atoms with Crippen LogP contribution in [0.2, 0.25) is 0 Å². The van der Waals surface area contributed by atoms with Crippen molar-refractivity contribution in [3.05, 3.63) is 64.4 Å². The quantitative estimate of drug-likeness (QED) is 0.711. The number of hydrogen-bond donors (Lipinski definition) is 2. The highest BCUT2D eigenvalue weighted by molar-refractivity contribution is 5.76. The molecule has 0 aliphatic rings. The van der Waals surface area contributed by atoms with E-state index in [0.29, 0.717) is 17.1 Å². The van der Waals surface area contributed by atoms with Crippen LogP contribution in [0.25, 0.3) is 11.3 Å². The molecule has 0 aliphatic carbocycles. The number of ether oxygens (including phenoxy) is 1. The first kappa shape index (κ1) is 14.8. The minimum absolute atomic E-state index is 0.219. The van der Waals surface area contributed by atoms with E-state index in [1.54, 1.807) is 7.11 Å². The normalized spacial score (nSPS) is 11.0. The number of aryl methyl sites for hydroxylation is 1. The summed E-state index contributed by atoms with van der Waals surface area (Å²) in [4.78, 5) is 12.0. The first-order chi connectivity index (χ1) is 11.2. The van der Waals surface area contributed by atoms with E-state index in [4.69, 9.17) is 4.74 Å². The Labute approximate surface area is 132 Å². The number of nitrogens with zero attached hydrogens (tertiary/aromatic N) is 2. The second-order valence-electron chi connectivity index (χ2n) is 5.04. The smallest absolute Gasteiger partial charge is 0.292 e. The van der Waals surface area contributed by atoms with E-state index in [1.807, 2.05) is 55.5 Å². The zero-order chi connectivity index (χ0) is 16.2. The molecule has 1 heterocycles. The standard InChI is InChI=1S/C17H16N4O2/c1-11-6-5-7-12(10-11)18-20-16-15(19-21-17(16)22)13-8-3-4-9-14(13)23-2/h3-10H,1-2H3,(H2,19,21,22). The molecule has 0 unspecified atom stereocenters. The van der Waals surface area contributed by atoms with Gasteiger partial charge in [0.15, 0.2) is 5.69 Å². The van der Waals surface area contributed by atoms with Crippen LogP contribution in [0.4, 0.5) is 11.4 Å². The van der Waals surface area contributed by atoms with Gasteiger partial charge in [-0.05, 0) is 36.8 Å². The van der Waals surface area contributed by atoms with Crippen molar-refractivity contribution < 1.29 is 4.74 Å². The summed E-state index contributed by atoms with van der Waals surface area (Å²) in [5.74, 6) is 0.648. The zero-order valence-corrected chi connectivity index (χ0v) is 12.8. The molecule has 0 atom stereocenters. The molecule has 0 saturated carbocycles. The second-order valence-corrected chi connectivity index (χ2v) is 5.04. The Kier molecular flexibility index (Phi) is 4.05. The van der Waals surface area contributed by atoms with E-state index in [2.05, 4.69) is 20.4 Å². The number of aromatic nitrogens is 2. The molecule has 0 fully saturated rings. The van der Waals surface area contributed by atoms with Crippen molar-refractivity contribution in [2.24, 2.45) is 10.2 Å². The number of hydrogen-bond acceptors (Lipinski definition) is 4. The molecule has 0 aliphatic heterocycles. The number of benzene rings is 2. The largest absolute Gasteiger partial charge is 0.496 e. The Morgan fingerprint density at radius 1 is 1.00 bits per heavy atom. The number of rotatable bonds is 4. The van der Waals surface area contributed by atoms with Gasteiger partial charge in [0, 0.05) is 5.56 Å². The van der Waals surface area contributed by atoms with Crippen molar-refractivity contribution in [1.82, 2.24) is 10.2 Å². The van der Waals surface area contributed by atoms with Gasteiger partial charge in [-0.3, -0.25) is 15.0 Å². The lowest BCUT2D eigenvalue weighted by Gasteiger charge is -2.06. The molecule has 116 valence electrons. The minimum atomic E-state index is -0.331. The van der Waals surface area contributed by atoms with E-state index in [9.17, 15) is 4.79 Å². The first-order valence-corrected chi connectivity index (χ1v) is 7.11. The molecule has 3 aromatic rings. The van der Waals surface area contributed by atoms with Crippen LogP contribution in [-0.2, 0) is 0 Å². The lowest BCUT2D eigenvalue weighted by molar-refractivity contribution is 0.416. The van der Waals surface area contributed by atoms with Crippen LogP contribution in [0.15, 0.2) is 63.6 Å². The number of nitrogens with one attached hydrogen (secondary N) is 2. The fraction of sp³-hybridized carbons (Fsp3) is 0.118. The summed E-state index contributed by atoms with van der Waals surface area (Å²) in [6.07, 6.45) is 0. The van der Waals surface area contributed by atoms with Crippen molar-refractivity contribution in [1.29, 1.82) is 0 Å². The third kappa shape index (κ3) is 3.06. The molecule has 0 spiro atoms. The third-order valence-electron chi connectivity index (χ3n) is 3.40. The molecular weight excluding hydrogens is 292 g/mol. The van der Waals surface area contributed by atoms with Gasteiger partial charge in [0.05, 0.1) is 18.5 Å². The molecule has 0 amide bonds. The van der Waals surface area contributed by atoms with E-state index in [-0.39, 0.29) is 11.2 Å². The Bertz CT molecular complexity index is 909. The zero-order valence-electron chi connectivity index (χ0n) is 12.8. The molecule has 6 heteroatoms. The van der Waals surface area contributed by atoms with Gasteiger partial charge in [0.1, 0.15) is 5.75 Å². The lowest BCUT2D eigenvalue weighted by atomic mass is 10.1. The topological polar surface area (TPSA) is 82.6 Å². The SMILES string of the molecule is COc1ccccc1-c1[nH][nH]c(=O)c1N=Nc1cccc(C)c1. The number of aromatic amines is 2. The highest BCUT2D eigenvalue weighted by Crippen LogP contribution is 2.33. The van der Waals surface area contributed by atoms with Crippen LogP contribution in [0.3, 0.4) is 0 Å². The van der Waals surface area contributed by atoms with Crippen molar-refractivity contribution in [2.75, 3.05) is 7.11 Å². The average molecular weight is 308 g/mol. The fourth-order valence-electron chi connectivity index (χ4n) is 2.29. The highest BCUT2D eigenvalue weighted by Gasteiger charge is 2.15. The predicted octanol–water partition coefficient (Wildman–Crippen LogP) is 4.10. The van der Waals surface area contributed by atoms with Gasteiger partial charge < -0.3 is 4.74 Å². The second kappa shape index (κ2) is 6.31. The number of para-hydroxylation sites is 1. The monoisotopic (exact) mass is 308 g/mol. The van der Waals surface area contributed by atoms with Gasteiger partial charge in [-0.25, -0.2) is 0 Å². The number of azo groups is 1. The molecule has 23 heavy (non-hydrogen) atoms. The summed E-state index contributed by atoms with van der Waals surface area (Å²) in [6.45, 7) is 1.97. The maximum absolute atomic E-state index is 12.0.